The number of esters is 1. The number of rotatable bonds is 3. The normalized spacial score (nSPS) is 18.1. The van der Waals surface area contributed by atoms with Crippen LogP contribution in [0.1, 0.15) is 30.1 Å². The Morgan fingerprint density at radius 1 is 1.30 bits per heavy atom. The lowest BCUT2D eigenvalue weighted by atomic mass is 10.2. The standard InChI is InChI=1S/C16H18N2O4S/c1-10(15(20)18-6-2-3-7-18)22-16(21)11-4-5-13-12(8-11)17-14(19)9-23-13/h4-5,8,10H,2-3,6-7,9H2,1H3,(H,17,19)/t10-/m1/s1. The Hall–Kier alpha value is -2.02. The first-order valence-electron chi connectivity index (χ1n) is 7.61. The number of thioether (sulfide) groups is 1. The van der Waals surface area contributed by atoms with E-state index in [-0.39, 0.29) is 11.8 Å². The van der Waals surface area contributed by atoms with Crippen LogP contribution < -0.4 is 5.32 Å². The van der Waals surface area contributed by atoms with E-state index in [0.717, 1.165) is 30.8 Å². The summed E-state index contributed by atoms with van der Waals surface area (Å²) in [6.07, 6.45) is 1.18. The van der Waals surface area contributed by atoms with Crippen molar-refractivity contribution in [1.82, 2.24) is 4.90 Å². The number of likely N-dealkylation sites (tertiary alicyclic amines) is 1. The first kappa shape index (κ1) is 15.9. The fraction of sp³-hybridized carbons (Fsp3) is 0.438. The number of amides is 2. The van der Waals surface area contributed by atoms with Gasteiger partial charge in [0.15, 0.2) is 6.10 Å². The van der Waals surface area contributed by atoms with E-state index in [2.05, 4.69) is 5.32 Å². The van der Waals surface area contributed by atoms with Crippen LogP contribution in [0.5, 0.6) is 0 Å². The molecule has 2 heterocycles. The molecule has 23 heavy (non-hydrogen) atoms. The zero-order valence-electron chi connectivity index (χ0n) is 12.8. The Morgan fingerprint density at radius 2 is 2.04 bits per heavy atom. The minimum atomic E-state index is -0.805. The average molecular weight is 334 g/mol. The van der Waals surface area contributed by atoms with Crippen molar-refractivity contribution in [3.63, 3.8) is 0 Å². The van der Waals surface area contributed by atoms with Crippen LogP contribution in [0.25, 0.3) is 0 Å². The van der Waals surface area contributed by atoms with Crippen LogP contribution in [0, 0.1) is 0 Å². The van der Waals surface area contributed by atoms with Gasteiger partial charge in [0.2, 0.25) is 5.91 Å². The molecule has 0 radical (unpaired) electrons. The minimum absolute atomic E-state index is 0.0920. The lowest BCUT2D eigenvalue weighted by Gasteiger charge is -2.21. The quantitative estimate of drug-likeness (QED) is 0.855. The van der Waals surface area contributed by atoms with Crippen molar-refractivity contribution in [1.29, 1.82) is 0 Å². The molecule has 1 aromatic rings. The van der Waals surface area contributed by atoms with Crippen molar-refractivity contribution in [3.8, 4) is 0 Å². The van der Waals surface area contributed by atoms with Gasteiger partial charge >= 0.3 is 5.97 Å². The van der Waals surface area contributed by atoms with Gasteiger partial charge in [0, 0.05) is 18.0 Å². The topological polar surface area (TPSA) is 75.7 Å². The zero-order chi connectivity index (χ0) is 16.4. The number of anilines is 1. The number of hydrogen-bond acceptors (Lipinski definition) is 5. The molecule has 1 atom stereocenters. The molecule has 1 aromatic carbocycles. The Balaban J connectivity index is 1.67. The average Bonchev–Trinajstić information content (AvgIpc) is 3.07. The van der Waals surface area contributed by atoms with Gasteiger partial charge in [-0.3, -0.25) is 9.59 Å². The molecule has 2 aliphatic heterocycles. The van der Waals surface area contributed by atoms with E-state index in [0.29, 0.717) is 17.0 Å². The first-order chi connectivity index (χ1) is 11.0. The molecule has 2 aliphatic rings. The molecule has 0 bridgehead atoms. The van der Waals surface area contributed by atoms with Crippen LogP contribution in [0.2, 0.25) is 0 Å². The van der Waals surface area contributed by atoms with Gasteiger partial charge in [-0.2, -0.15) is 0 Å². The van der Waals surface area contributed by atoms with Gasteiger partial charge in [-0.1, -0.05) is 0 Å². The second-order valence-corrected chi connectivity index (χ2v) is 6.64. The third-order valence-electron chi connectivity index (χ3n) is 3.90. The predicted molar refractivity (Wildman–Crippen MR) is 86.5 cm³/mol. The highest BCUT2D eigenvalue weighted by Gasteiger charge is 2.26. The zero-order valence-corrected chi connectivity index (χ0v) is 13.6. The number of ether oxygens (including phenoxy) is 1. The second kappa shape index (κ2) is 6.62. The highest BCUT2D eigenvalue weighted by molar-refractivity contribution is 8.00. The SMILES string of the molecule is C[C@@H](OC(=O)c1ccc2c(c1)NC(=O)CS2)C(=O)N1CCCC1. The number of nitrogens with zero attached hydrogens (tertiary/aromatic N) is 1. The molecule has 6 nitrogen and oxygen atoms in total. The van der Waals surface area contributed by atoms with E-state index < -0.39 is 12.1 Å². The van der Waals surface area contributed by atoms with Gasteiger partial charge in [0.1, 0.15) is 0 Å². The van der Waals surface area contributed by atoms with Crippen LogP contribution in [-0.2, 0) is 14.3 Å². The number of carbonyl (C=O) groups is 3. The largest absolute Gasteiger partial charge is 0.449 e. The smallest absolute Gasteiger partial charge is 0.338 e. The summed E-state index contributed by atoms with van der Waals surface area (Å²) < 4.78 is 5.28. The number of nitrogens with one attached hydrogen (secondary N) is 1. The van der Waals surface area contributed by atoms with Crippen LogP contribution in [0.4, 0.5) is 5.69 Å². The van der Waals surface area contributed by atoms with Crippen molar-refractivity contribution >= 4 is 35.2 Å². The highest BCUT2D eigenvalue weighted by atomic mass is 32.2. The molecule has 0 aromatic heterocycles. The number of hydrogen-bond donors (Lipinski definition) is 1. The van der Waals surface area contributed by atoms with E-state index in [1.807, 2.05) is 0 Å². The van der Waals surface area contributed by atoms with Crippen LogP contribution in [0.15, 0.2) is 23.1 Å². The Bertz CT molecular complexity index is 655. The van der Waals surface area contributed by atoms with E-state index in [4.69, 9.17) is 4.74 Å². The number of benzene rings is 1. The fourth-order valence-corrected chi connectivity index (χ4v) is 3.47. The highest BCUT2D eigenvalue weighted by Crippen LogP contribution is 2.32. The fourth-order valence-electron chi connectivity index (χ4n) is 2.68. The van der Waals surface area contributed by atoms with Crippen molar-refractivity contribution < 1.29 is 19.1 Å². The molecule has 2 amide bonds. The maximum absolute atomic E-state index is 12.2. The second-order valence-electron chi connectivity index (χ2n) is 5.63. The van der Waals surface area contributed by atoms with Gasteiger partial charge in [-0.05, 0) is 38.0 Å². The summed E-state index contributed by atoms with van der Waals surface area (Å²) in [4.78, 5) is 38.5. The summed E-state index contributed by atoms with van der Waals surface area (Å²) in [7, 11) is 0. The summed E-state index contributed by atoms with van der Waals surface area (Å²) in [5.41, 5.74) is 0.937. The van der Waals surface area contributed by atoms with E-state index in [1.165, 1.54) is 11.8 Å². The van der Waals surface area contributed by atoms with Gasteiger partial charge < -0.3 is 15.0 Å². The molecule has 1 N–H and O–H groups in total. The summed E-state index contributed by atoms with van der Waals surface area (Å²) >= 11 is 1.43. The molecule has 0 aliphatic carbocycles. The van der Waals surface area contributed by atoms with E-state index >= 15 is 0 Å². The Labute approximate surface area is 138 Å². The van der Waals surface area contributed by atoms with E-state index in [9.17, 15) is 14.4 Å². The molecule has 3 rings (SSSR count). The van der Waals surface area contributed by atoms with Crippen molar-refractivity contribution in [2.75, 3.05) is 24.2 Å². The first-order valence-corrected chi connectivity index (χ1v) is 8.59. The molecule has 1 fully saturated rings. The molecule has 0 unspecified atom stereocenters. The molecular formula is C16H18N2O4S. The third-order valence-corrected chi connectivity index (χ3v) is 4.97. The maximum atomic E-state index is 12.2. The monoisotopic (exact) mass is 334 g/mol. The molecule has 0 spiro atoms. The summed E-state index contributed by atoms with van der Waals surface area (Å²) in [5, 5.41) is 2.73. The summed E-state index contributed by atoms with van der Waals surface area (Å²) in [6, 6.07) is 5.02. The minimum Gasteiger partial charge on any atom is -0.449 e. The molecule has 0 saturated carbocycles. The molecule has 7 heteroatoms. The van der Waals surface area contributed by atoms with Crippen molar-refractivity contribution in [3.05, 3.63) is 23.8 Å². The Morgan fingerprint density at radius 3 is 2.78 bits per heavy atom. The summed E-state index contributed by atoms with van der Waals surface area (Å²) in [6.45, 7) is 3.04. The third kappa shape index (κ3) is 3.50. The van der Waals surface area contributed by atoms with Crippen molar-refractivity contribution in [2.45, 2.75) is 30.8 Å². The maximum Gasteiger partial charge on any atom is 0.338 e. The molecule has 1 saturated heterocycles. The lowest BCUT2D eigenvalue weighted by molar-refractivity contribution is -0.138. The molecular weight excluding hydrogens is 316 g/mol. The van der Waals surface area contributed by atoms with Gasteiger partial charge in [-0.15, -0.1) is 11.8 Å². The Kier molecular flexibility index (Phi) is 4.56. The van der Waals surface area contributed by atoms with Gasteiger partial charge in [0.25, 0.3) is 5.91 Å². The van der Waals surface area contributed by atoms with Gasteiger partial charge in [0.05, 0.1) is 17.0 Å². The van der Waals surface area contributed by atoms with E-state index in [1.54, 1.807) is 30.0 Å². The number of fused-ring (bicyclic) bond motifs is 1. The van der Waals surface area contributed by atoms with Gasteiger partial charge in [-0.25, -0.2) is 4.79 Å². The van der Waals surface area contributed by atoms with Crippen LogP contribution in [-0.4, -0.2) is 47.6 Å². The van der Waals surface area contributed by atoms with Crippen LogP contribution >= 0.6 is 11.8 Å². The van der Waals surface area contributed by atoms with Crippen LogP contribution in [0.3, 0.4) is 0 Å². The predicted octanol–water partition coefficient (Wildman–Crippen LogP) is 1.90. The number of carbonyl (C=O) groups excluding carboxylic acids is 3. The molecule has 122 valence electrons. The van der Waals surface area contributed by atoms with Crippen molar-refractivity contribution in [2.24, 2.45) is 0 Å². The lowest BCUT2D eigenvalue weighted by Crippen LogP contribution is -2.38. The summed E-state index contributed by atoms with van der Waals surface area (Å²) in [5.74, 6) is -0.432.